The van der Waals surface area contributed by atoms with Crippen LogP contribution in [0.25, 0.3) is 0 Å². The number of rotatable bonds is 5. The molecule has 2 N–H and O–H groups in total. The first-order valence-electron chi connectivity index (χ1n) is 6.24. The van der Waals surface area contributed by atoms with Crippen LogP contribution in [0.4, 0.5) is 0 Å². The van der Waals surface area contributed by atoms with E-state index in [1.54, 1.807) is 13.2 Å². The molecule has 0 aromatic carbocycles. The molecule has 3 atom stereocenters. The minimum absolute atomic E-state index is 0.0254. The van der Waals surface area contributed by atoms with Crippen LogP contribution in [0, 0.1) is 0 Å². The third-order valence-electron chi connectivity index (χ3n) is 2.87. The van der Waals surface area contributed by atoms with Crippen LogP contribution in [-0.2, 0) is 10.8 Å². The van der Waals surface area contributed by atoms with E-state index >= 15 is 0 Å². The van der Waals surface area contributed by atoms with E-state index in [1.165, 1.54) is 0 Å². The van der Waals surface area contributed by atoms with Crippen molar-refractivity contribution in [3.63, 3.8) is 0 Å². The average molecular weight is 286 g/mol. The zero-order valence-electron chi connectivity index (χ0n) is 11.0. The minimum Gasteiger partial charge on any atom is -0.346 e. The summed E-state index contributed by atoms with van der Waals surface area (Å²) in [4.78, 5) is 15.9. The molecule has 1 amide bonds. The molecule has 7 nitrogen and oxygen atoms in total. The molecule has 0 bridgehead atoms. The first kappa shape index (κ1) is 14.1. The first-order chi connectivity index (χ1) is 9.06. The van der Waals surface area contributed by atoms with Gasteiger partial charge in [0, 0.05) is 28.9 Å². The van der Waals surface area contributed by atoms with Crippen LogP contribution >= 0.6 is 0 Å². The summed E-state index contributed by atoms with van der Waals surface area (Å²) in [6, 6.07) is -0.139. The molecule has 1 aliphatic heterocycles. The summed E-state index contributed by atoms with van der Waals surface area (Å²) in [5.74, 6) is 0.485. The quantitative estimate of drug-likeness (QED) is 0.790. The van der Waals surface area contributed by atoms with E-state index < -0.39 is 16.7 Å². The molecular weight excluding hydrogens is 268 g/mol. The molecule has 0 radical (unpaired) electrons. The maximum absolute atomic E-state index is 11.8. The predicted molar refractivity (Wildman–Crippen MR) is 70.1 cm³/mol. The molecule has 1 saturated heterocycles. The van der Waals surface area contributed by atoms with Crippen molar-refractivity contribution in [2.45, 2.75) is 31.8 Å². The number of amides is 1. The zero-order chi connectivity index (χ0) is 13.8. The Labute approximate surface area is 114 Å². The summed E-state index contributed by atoms with van der Waals surface area (Å²) >= 11 is 0. The van der Waals surface area contributed by atoms with Crippen LogP contribution in [0.1, 0.15) is 42.3 Å². The molecule has 19 heavy (non-hydrogen) atoms. The second kappa shape index (κ2) is 6.25. The lowest BCUT2D eigenvalue weighted by Crippen LogP contribution is -2.36. The van der Waals surface area contributed by atoms with Gasteiger partial charge < -0.3 is 15.2 Å². The molecule has 1 aliphatic rings. The summed E-state index contributed by atoms with van der Waals surface area (Å²) in [7, 11) is -0.954. The molecule has 1 aromatic rings. The molecule has 2 heterocycles. The lowest BCUT2D eigenvalue weighted by molar-refractivity contribution is 0.0930. The van der Waals surface area contributed by atoms with E-state index in [9.17, 15) is 9.00 Å². The second-order valence-electron chi connectivity index (χ2n) is 4.72. The van der Waals surface area contributed by atoms with Gasteiger partial charge >= 0.3 is 0 Å². The fraction of sp³-hybridized carbons (Fsp3) is 0.727. The first-order valence-corrected chi connectivity index (χ1v) is 7.97. The normalized spacial score (nSPS) is 22.1. The molecule has 106 valence electrons. The van der Waals surface area contributed by atoms with E-state index in [-0.39, 0.29) is 17.9 Å². The fourth-order valence-corrected chi connectivity index (χ4v) is 2.83. The van der Waals surface area contributed by atoms with Crippen molar-refractivity contribution in [1.29, 1.82) is 0 Å². The minimum atomic E-state index is -0.954. The number of aromatic nitrogens is 2. The van der Waals surface area contributed by atoms with Crippen molar-refractivity contribution in [1.82, 2.24) is 20.8 Å². The van der Waals surface area contributed by atoms with Crippen LogP contribution in [-0.4, -0.2) is 44.9 Å². The third-order valence-corrected chi connectivity index (χ3v) is 3.83. The topological polar surface area (TPSA) is 97.1 Å². The largest absolute Gasteiger partial charge is 0.346 e. The second-order valence-corrected chi connectivity index (χ2v) is 6.20. The molecule has 8 heteroatoms. The smallest absolute Gasteiger partial charge is 0.292 e. The van der Waals surface area contributed by atoms with E-state index in [0.29, 0.717) is 11.6 Å². The molecular formula is C11H18N4O3S. The Balaban J connectivity index is 1.94. The Kier molecular flexibility index (Phi) is 4.65. The van der Waals surface area contributed by atoms with Crippen LogP contribution < -0.4 is 10.6 Å². The fourth-order valence-electron chi connectivity index (χ4n) is 2.05. The Morgan fingerprint density at radius 3 is 3.11 bits per heavy atom. The highest BCUT2D eigenvalue weighted by molar-refractivity contribution is 7.84. The average Bonchev–Trinajstić information content (AvgIpc) is 2.99. The van der Waals surface area contributed by atoms with E-state index in [2.05, 4.69) is 20.8 Å². The Hall–Kier alpha value is -1.28. The molecule has 1 fully saturated rings. The third kappa shape index (κ3) is 3.84. The number of nitrogens with zero attached hydrogens (tertiary/aromatic N) is 2. The summed E-state index contributed by atoms with van der Waals surface area (Å²) < 4.78 is 16.1. The van der Waals surface area contributed by atoms with Gasteiger partial charge in [-0.25, -0.2) is 0 Å². The van der Waals surface area contributed by atoms with Crippen molar-refractivity contribution in [2.75, 3.05) is 18.6 Å². The SMILES string of the molecule is CC(CS(C)=O)NC(=O)c1noc(C2CCCN2)n1. The van der Waals surface area contributed by atoms with Crippen LogP contribution in [0.15, 0.2) is 4.52 Å². The summed E-state index contributed by atoms with van der Waals surface area (Å²) in [6.07, 6.45) is 3.60. The number of carbonyl (C=O) groups excluding carboxylic acids is 1. The highest BCUT2D eigenvalue weighted by atomic mass is 32.2. The lowest BCUT2D eigenvalue weighted by atomic mass is 10.2. The standard InChI is InChI=1S/C11H18N4O3S/c1-7(6-19(2)17)13-10(16)9-14-11(18-15-9)8-4-3-5-12-8/h7-8,12H,3-6H2,1-2H3,(H,13,16). The van der Waals surface area contributed by atoms with Crippen molar-refractivity contribution in [2.24, 2.45) is 0 Å². The number of nitrogens with one attached hydrogen (secondary N) is 2. The van der Waals surface area contributed by atoms with E-state index in [0.717, 1.165) is 19.4 Å². The Morgan fingerprint density at radius 2 is 2.47 bits per heavy atom. The van der Waals surface area contributed by atoms with Gasteiger partial charge in [0.25, 0.3) is 11.7 Å². The van der Waals surface area contributed by atoms with Gasteiger partial charge in [-0.05, 0) is 26.3 Å². The van der Waals surface area contributed by atoms with Crippen LogP contribution in [0.2, 0.25) is 0 Å². The van der Waals surface area contributed by atoms with Gasteiger partial charge in [-0.3, -0.25) is 9.00 Å². The van der Waals surface area contributed by atoms with E-state index in [4.69, 9.17) is 4.52 Å². The number of hydrogen-bond acceptors (Lipinski definition) is 6. The molecule has 2 rings (SSSR count). The van der Waals surface area contributed by atoms with Crippen molar-refractivity contribution in [3.8, 4) is 0 Å². The van der Waals surface area contributed by atoms with Crippen molar-refractivity contribution < 1.29 is 13.5 Å². The van der Waals surface area contributed by atoms with Gasteiger partial charge in [0.2, 0.25) is 5.89 Å². The Morgan fingerprint density at radius 1 is 1.68 bits per heavy atom. The van der Waals surface area contributed by atoms with Gasteiger partial charge in [-0.1, -0.05) is 5.16 Å². The van der Waals surface area contributed by atoms with Gasteiger partial charge in [-0.2, -0.15) is 4.98 Å². The summed E-state index contributed by atoms with van der Waals surface area (Å²) in [5, 5.41) is 9.60. The molecule has 1 aromatic heterocycles. The Bertz CT molecular complexity index is 470. The van der Waals surface area contributed by atoms with Crippen molar-refractivity contribution >= 4 is 16.7 Å². The van der Waals surface area contributed by atoms with Gasteiger partial charge in [-0.15, -0.1) is 0 Å². The number of carbonyl (C=O) groups is 1. The van der Waals surface area contributed by atoms with Crippen LogP contribution in [0.3, 0.4) is 0 Å². The highest BCUT2D eigenvalue weighted by Gasteiger charge is 2.24. The summed E-state index contributed by atoms with van der Waals surface area (Å²) in [5.41, 5.74) is 0. The monoisotopic (exact) mass is 286 g/mol. The van der Waals surface area contributed by atoms with Gasteiger partial charge in [0.1, 0.15) is 0 Å². The van der Waals surface area contributed by atoms with Gasteiger partial charge in [0.05, 0.1) is 6.04 Å². The maximum atomic E-state index is 11.8. The maximum Gasteiger partial charge on any atom is 0.292 e. The molecule has 0 aliphatic carbocycles. The molecule has 0 saturated carbocycles. The van der Waals surface area contributed by atoms with Crippen molar-refractivity contribution in [3.05, 3.63) is 11.7 Å². The molecule has 3 unspecified atom stereocenters. The predicted octanol–water partition coefficient (Wildman–Crippen LogP) is -0.00910. The zero-order valence-corrected chi connectivity index (χ0v) is 11.8. The van der Waals surface area contributed by atoms with Crippen LogP contribution in [0.5, 0.6) is 0 Å². The van der Waals surface area contributed by atoms with E-state index in [1.807, 2.05) is 0 Å². The highest BCUT2D eigenvalue weighted by Crippen LogP contribution is 2.20. The lowest BCUT2D eigenvalue weighted by Gasteiger charge is -2.09. The number of hydrogen-bond donors (Lipinski definition) is 2. The molecule has 0 spiro atoms. The summed E-state index contributed by atoms with van der Waals surface area (Å²) in [6.45, 7) is 2.72. The van der Waals surface area contributed by atoms with Gasteiger partial charge in [0.15, 0.2) is 0 Å².